The first-order chi connectivity index (χ1) is 10.1. The van der Waals surface area contributed by atoms with Crippen molar-refractivity contribution in [2.45, 2.75) is 19.1 Å². The van der Waals surface area contributed by atoms with Gasteiger partial charge in [-0.2, -0.15) is 0 Å². The van der Waals surface area contributed by atoms with E-state index in [1.807, 2.05) is 30.3 Å². The number of carbonyl (C=O) groups excluding carboxylic acids is 1. The second kappa shape index (κ2) is 7.39. The molecule has 1 amide bonds. The molecule has 2 N–H and O–H groups in total. The minimum Gasteiger partial charge on any atom is -0.481 e. The summed E-state index contributed by atoms with van der Waals surface area (Å²) in [7, 11) is 0. The molecule has 0 saturated heterocycles. The summed E-state index contributed by atoms with van der Waals surface area (Å²) in [5, 5.41) is 13.1. The molecule has 110 valence electrons. The number of hydrogen-bond acceptors (Lipinski definition) is 5. The van der Waals surface area contributed by atoms with E-state index in [0.29, 0.717) is 5.56 Å². The van der Waals surface area contributed by atoms with Crippen molar-refractivity contribution in [3.63, 3.8) is 0 Å². The third kappa shape index (κ3) is 4.88. The fraction of sp³-hybridized carbons (Fsp3) is 0.214. The number of rotatable bonds is 6. The Morgan fingerprint density at radius 3 is 2.71 bits per heavy atom. The van der Waals surface area contributed by atoms with Crippen molar-refractivity contribution in [1.82, 2.24) is 9.69 Å². The molecule has 0 aliphatic carbocycles. The van der Waals surface area contributed by atoms with Gasteiger partial charge in [0, 0.05) is 17.1 Å². The smallest absolute Gasteiger partial charge is 0.407 e. The van der Waals surface area contributed by atoms with E-state index in [0.717, 1.165) is 5.56 Å². The van der Waals surface area contributed by atoms with Crippen LogP contribution in [-0.2, 0) is 16.1 Å². The fourth-order valence-electron chi connectivity index (χ4n) is 1.72. The number of benzene rings is 1. The van der Waals surface area contributed by atoms with Gasteiger partial charge in [0.05, 0.1) is 12.5 Å². The maximum Gasteiger partial charge on any atom is 0.407 e. The van der Waals surface area contributed by atoms with Gasteiger partial charge >= 0.3 is 12.1 Å². The van der Waals surface area contributed by atoms with Gasteiger partial charge in [-0.05, 0) is 17.1 Å². The van der Waals surface area contributed by atoms with Crippen LogP contribution in [0.25, 0.3) is 0 Å². The van der Waals surface area contributed by atoms with Crippen molar-refractivity contribution in [3.8, 4) is 0 Å². The molecule has 1 aromatic carbocycles. The van der Waals surface area contributed by atoms with Gasteiger partial charge in [0.25, 0.3) is 0 Å². The van der Waals surface area contributed by atoms with Gasteiger partial charge in [-0.15, -0.1) is 0 Å². The van der Waals surface area contributed by atoms with Gasteiger partial charge < -0.3 is 15.2 Å². The predicted molar refractivity (Wildman–Crippen MR) is 76.9 cm³/mol. The van der Waals surface area contributed by atoms with E-state index in [2.05, 4.69) is 9.69 Å². The summed E-state index contributed by atoms with van der Waals surface area (Å²) in [5.41, 5.74) is 1.51. The molecule has 21 heavy (non-hydrogen) atoms. The molecule has 6 nitrogen and oxygen atoms in total. The zero-order valence-corrected chi connectivity index (χ0v) is 11.9. The van der Waals surface area contributed by atoms with Crippen LogP contribution in [0.2, 0.25) is 0 Å². The van der Waals surface area contributed by atoms with Gasteiger partial charge in [0.15, 0.2) is 0 Å². The van der Waals surface area contributed by atoms with E-state index in [-0.39, 0.29) is 13.0 Å². The predicted octanol–water partition coefficient (Wildman–Crippen LogP) is 2.59. The Kier molecular flexibility index (Phi) is 5.28. The highest BCUT2D eigenvalue weighted by Gasteiger charge is 2.19. The third-order valence-electron chi connectivity index (χ3n) is 2.74. The standard InChI is InChI=1S/C14H14N2O4S/c17-13(18)6-12(11-7-15-21-9-11)16-14(19)20-8-10-4-2-1-3-5-10/h1-5,7,9,12H,6,8H2,(H,16,19)(H,17,18). The van der Waals surface area contributed by atoms with Crippen molar-refractivity contribution in [3.05, 3.63) is 53.0 Å². The van der Waals surface area contributed by atoms with Crippen molar-refractivity contribution in [1.29, 1.82) is 0 Å². The summed E-state index contributed by atoms with van der Waals surface area (Å²) in [6.07, 6.45) is 0.658. The van der Waals surface area contributed by atoms with Gasteiger partial charge in [-0.3, -0.25) is 4.79 Å². The second-order valence-corrected chi connectivity index (χ2v) is 4.97. The molecule has 2 rings (SSSR count). The molecule has 0 aliphatic rings. The number of aliphatic carboxylic acids is 1. The average Bonchev–Trinajstić information content (AvgIpc) is 2.99. The monoisotopic (exact) mass is 306 g/mol. The summed E-state index contributed by atoms with van der Waals surface area (Å²) in [6.45, 7) is 0.133. The van der Waals surface area contributed by atoms with Crippen molar-refractivity contribution < 1.29 is 19.4 Å². The molecule has 1 unspecified atom stereocenters. The fourth-order valence-corrected chi connectivity index (χ4v) is 2.31. The normalized spacial score (nSPS) is 11.6. The number of carboxylic acid groups (broad SMARTS) is 1. The van der Waals surface area contributed by atoms with Crippen molar-refractivity contribution in [2.75, 3.05) is 0 Å². The summed E-state index contributed by atoms with van der Waals surface area (Å²) in [6, 6.07) is 8.59. The number of alkyl carbamates (subject to hydrolysis) is 1. The van der Waals surface area contributed by atoms with Crippen LogP contribution in [0, 0.1) is 0 Å². The molecule has 0 saturated carbocycles. The third-order valence-corrected chi connectivity index (χ3v) is 3.34. The Balaban J connectivity index is 1.90. The largest absolute Gasteiger partial charge is 0.481 e. The van der Waals surface area contributed by atoms with Crippen LogP contribution in [-0.4, -0.2) is 21.5 Å². The van der Waals surface area contributed by atoms with Crippen LogP contribution in [0.15, 0.2) is 41.9 Å². The number of nitrogens with zero attached hydrogens (tertiary/aromatic N) is 1. The molecule has 0 spiro atoms. The minimum atomic E-state index is -1.01. The van der Waals surface area contributed by atoms with Crippen LogP contribution < -0.4 is 5.32 Å². The van der Waals surface area contributed by atoms with Gasteiger partial charge in [0.1, 0.15) is 6.61 Å². The summed E-state index contributed by atoms with van der Waals surface area (Å²) in [5.74, 6) is -1.01. The van der Waals surface area contributed by atoms with E-state index < -0.39 is 18.1 Å². The highest BCUT2D eigenvalue weighted by molar-refractivity contribution is 7.03. The first-order valence-electron chi connectivity index (χ1n) is 6.23. The molecule has 0 bridgehead atoms. The number of hydrogen-bond donors (Lipinski definition) is 2. The molecular formula is C14H14N2O4S. The zero-order chi connectivity index (χ0) is 15.1. The number of carboxylic acids is 1. The van der Waals surface area contributed by atoms with E-state index in [1.54, 1.807) is 5.38 Å². The Hall–Kier alpha value is -2.41. The Morgan fingerprint density at radius 2 is 2.10 bits per heavy atom. The lowest BCUT2D eigenvalue weighted by Crippen LogP contribution is -2.30. The van der Waals surface area contributed by atoms with Gasteiger partial charge in [-0.25, -0.2) is 9.17 Å². The summed E-state index contributed by atoms with van der Waals surface area (Å²) < 4.78 is 8.99. The second-order valence-electron chi connectivity index (χ2n) is 4.31. The SMILES string of the molecule is O=C(O)CC(NC(=O)OCc1ccccc1)c1cnsc1. The lowest BCUT2D eigenvalue weighted by Gasteiger charge is -2.15. The van der Waals surface area contributed by atoms with E-state index in [4.69, 9.17) is 9.84 Å². The van der Waals surface area contributed by atoms with Crippen LogP contribution in [0.4, 0.5) is 4.79 Å². The number of nitrogens with one attached hydrogen (secondary N) is 1. The number of carbonyl (C=O) groups is 2. The van der Waals surface area contributed by atoms with Crippen molar-refractivity contribution in [2.24, 2.45) is 0 Å². The molecular weight excluding hydrogens is 292 g/mol. The Bertz CT molecular complexity index is 586. The Morgan fingerprint density at radius 1 is 1.33 bits per heavy atom. The molecule has 0 fully saturated rings. The molecule has 2 aromatic rings. The van der Waals surface area contributed by atoms with Crippen LogP contribution in [0.5, 0.6) is 0 Å². The first-order valence-corrected chi connectivity index (χ1v) is 7.07. The lowest BCUT2D eigenvalue weighted by atomic mass is 10.1. The van der Waals surface area contributed by atoms with Gasteiger partial charge in [-0.1, -0.05) is 30.3 Å². The van der Waals surface area contributed by atoms with E-state index in [1.165, 1.54) is 17.7 Å². The molecule has 1 aromatic heterocycles. The summed E-state index contributed by atoms with van der Waals surface area (Å²) in [4.78, 5) is 22.6. The minimum absolute atomic E-state index is 0.133. The van der Waals surface area contributed by atoms with E-state index in [9.17, 15) is 9.59 Å². The average molecular weight is 306 g/mol. The topological polar surface area (TPSA) is 88.5 Å². The maximum absolute atomic E-state index is 11.8. The quantitative estimate of drug-likeness (QED) is 0.856. The van der Waals surface area contributed by atoms with Gasteiger partial charge in [0.2, 0.25) is 0 Å². The Labute approximate surface area is 125 Å². The molecule has 7 heteroatoms. The summed E-state index contributed by atoms with van der Waals surface area (Å²) >= 11 is 1.20. The highest BCUT2D eigenvalue weighted by Crippen LogP contribution is 2.18. The first kappa shape index (κ1) is 15.0. The molecule has 1 heterocycles. The molecule has 0 aliphatic heterocycles. The number of ether oxygens (including phenoxy) is 1. The highest BCUT2D eigenvalue weighted by atomic mass is 32.1. The van der Waals surface area contributed by atoms with E-state index >= 15 is 0 Å². The van der Waals surface area contributed by atoms with Crippen LogP contribution in [0.3, 0.4) is 0 Å². The molecule has 0 radical (unpaired) electrons. The maximum atomic E-state index is 11.8. The van der Waals surface area contributed by atoms with Crippen molar-refractivity contribution >= 4 is 23.6 Å². The zero-order valence-electron chi connectivity index (χ0n) is 11.1. The van der Waals surface area contributed by atoms with Crippen LogP contribution in [0.1, 0.15) is 23.6 Å². The number of amides is 1. The lowest BCUT2D eigenvalue weighted by molar-refractivity contribution is -0.137. The van der Waals surface area contributed by atoms with Crippen LogP contribution >= 0.6 is 11.5 Å². The number of aromatic nitrogens is 1. The molecule has 1 atom stereocenters.